The van der Waals surface area contributed by atoms with Crippen LogP contribution < -0.4 is 15.5 Å². The number of hydrogen-bond acceptors (Lipinski definition) is 6. The summed E-state index contributed by atoms with van der Waals surface area (Å²) in [5, 5.41) is 7.38. The van der Waals surface area contributed by atoms with Crippen molar-refractivity contribution in [2.75, 3.05) is 29.1 Å². The highest BCUT2D eigenvalue weighted by Crippen LogP contribution is 2.35. The van der Waals surface area contributed by atoms with Crippen molar-refractivity contribution < 1.29 is 14.3 Å². The Hall–Kier alpha value is -3.10. The second-order valence-electron chi connectivity index (χ2n) is 7.59. The van der Waals surface area contributed by atoms with Crippen LogP contribution in [-0.4, -0.2) is 41.9 Å². The first-order chi connectivity index (χ1) is 15.2. The number of nitrogens with zero attached hydrogens (tertiary/aromatic N) is 2. The molecule has 1 saturated heterocycles. The first-order valence-corrected chi connectivity index (χ1v) is 11.2. The molecule has 1 aromatic heterocycles. The molecule has 2 N–H and O–H groups in total. The van der Waals surface area contributed by atoms with Crippen LogP contribution in [-0.2, 0) is 16.1 Å². The van der Waals surface area contributed by atoms with Crippen molar-refractivity contribution >= 4 is 46.0 Å². The molecular weight excluding hydrogens is 412 g/mol. The number of cyclic esters (lactones) is 1. The van der Waals surface area contributed by atoms with Gasteiger partial charge in [-0.25, -0.2) is 4.79 Å². The third-order valence-electron chi connectivity index (χ3n) is 5.39. The maximum Gasteiger partial charge on any atom is 0.414 e. The van der Waals surface area contributed by atoms with Gasteiger partial charge in [-0.1, -0.05) is 24.3 Å². The van der Waals surface area contributed by atoms with E-state index in [-0.39, 0.29) is 18.1 Å². The molecule has 8 heteroatoms. The fourth-order valence-electron chi connectivity index (χ4n) is 3.81. The van der Waals surface area contributed by atoms with Crippen molar-refractivity contribution in [3.8, 4) is 0 Å². The molecular formula is C23H22N4O3S. The van der Waals surface area contributed by atoms with Crippen molar-refractivity contribution in [1.82, 2.24) is 10.3 Å². The first kappa shape index (κ1) is 19.8. The standard InChI is InChI=1S/C23H22N4O3S/c28-22-14-31-21-8-7-17(11-20(21)26-22)27-13-18(30-23(27)29)9-10-24-12-16-6-5-15-3-1-2-4-19(15)25-16/h1-8,11,18,24H,9-10,12-14H2,(H,26,28)/t18-/m1/s1. The summed E-state index contributed by atoms with van der Waals surface area (Å²) >= 11 is 1.50. The smallest absolute Gasteiger partial charge is 0.414 e. The number of para-hydroxylation sites is 1. The van der Waals surface area contributed by atoms with E-state index in [0.29, 0.717) is 25.3 Å². The molecule has 0 spiro atoms. The molecule has 5 rings (SSSR count). The number of aromatic nitrogens is 1. The molecule has 0 aliphatic carbocycles. The number of amides is 2. The SMILES string of the molecule is O=C1CSc2ccc(N3C[C@@H](CCNCc4ccc5ccccc5n4)OC3=O)cc2N1. The van der Waals surface area contributed by atoms with E-state index in [2.05, 4.69) is 27.8 Å². The van der Waals surface area contributed by atoms with Crippen LogP contribution in [0.1, 0.15) is 12.1 Å². The molecule has 31 heavy (non-hydrogen) atoms. The highest BCUT2D eigenvalue weighted by Gasteiger charge is 2.32. The fraction of sp³-hybridized carbons (Fsp3) is 0.261. The molecule has 2 aromatic carbocycles. The molecule has 158 valence electrons. The zero-order valence-electron chi connectivity index (χ0n) is 16.8. The van der Waals surface area contributed by atoms with Crippen LogP contribution in [0.4, 0.5) is 16.2 Å². The summed E-state index contributed by atoms with van der Waals surface area (Å²) in [6.07, 6.45) is 0.188. The van der Waals surface area contributed by atoms with E-state index in [1.165, 1.54) is 11.8 Å². The zero-order valence-corrected chi connectivity index (χ0v) is 17.7. The molecule has 2 aliphatic rings. The summed E-state index contributed by atoms with van der Waals surface area (Å²) in [4.78, 5) is 31.3. The quantitative estimate of drug-likeness (QED) is 0.575. The maximum absolute atomic E-state index is 12.4. The van der Waals surface area contributed by atoms with Crippen LogP contribution in [0.25, 0.3) is 10.9 Å². The van der Waals surface area contributed by atoms with Gasteiger partial charge in [0.25, 0.3) is 0 Å². The second-order valence-corrected chi connectivity index (χ2v) is 8.61. The van der Waals surface area contributed by atoms with Crippen molar-refractivity contribution in [1.29, 1.82) is 0 Å². The molecule has 3 heterocycles. The highest BCUT2D eigenvalue weighted by atomic mass is 32.2. The van der Waals surface area contributed by atoms with E-state index in [1.807, 2.05) is 42.5 Å². The molecule has 1 atom stereocenters. The van der Waals surface area contributed by atoms with E-state index < -0.39 is 0 Å². The van der Waals surface area contributed by atoms with E-state index in [0.717, 1.165) is 39.4 Å². The Morgan fingerprint density at radius 3 is 3.00 bits per heavy atom. The molecule has 7 nitrogen and oxygen atoms in total. The number of ether oxygens (including phenoxy) is 1. The molecule has 0 saturated carbocycles. The Labute approximate surface area is 184 Å². The Morgan fingerprint density at radius 1 is 1.16 bits per heavy atom. The minimum absolute atomic E-state index is 0.0245. The van der Waals surface area contributed by atoms with Gasteiger partial charge in [0.1, 0.15) is 6.10 Å². The van der Waals surface area contributed by atoms with Gasteiger partial charge in [-0.15, -0.1) is 11.8 Å². The molecule has 0 radical (unpaired) electrons. The van der Waals surface area contributed by atoms with Crippen LogP contribution in [0, 0.1) is 0 Å². The van der Waals surface area contributed by atoms with Gasteiger partial charge in [0.05, 0.1) is 29.2 Å². The highest BCUT2D eigenvalue weighted by molar-refractivity contribution is 8.00. The maximum atomic E-state index is 12.4. The molecule has 0 bridgehead atoms. The summed E-state index contributed by atoms with van der Waals surface area (Å²) in [5.41, 5.74) is 3.46. The van der Waals surface area contributed by atoms with Gasteiger partial charge in [0, 0.05) is 22.5 Å². The number of nitrogens with one attached hydrogen (secondary N) is 2. The van der Waals surface area contributed by atoms with E-state index in [1.54, 1.807) is 4.90 Å². The Balaban J connectivity index is 1.14. The monoisotopic (exact) mass is 434 g/mol. The fourth-order valence-corrected chi connectivity index (χ4v) is 4.60. The van der Waals surface area contributed by atoms with Crippen molar-refractivity contribution in [3.05, 3.63) is 60.3 Å². The number of rotatable bonds is 6. The Morgan fingerprint density at radius 2 is 2.06 bits per heavy atom. The number of pyridine rings is 1. The zero-order chi connectivity index (χ0) is 21.2. The number of benzene rings is 2. The van der Waals surface area contributed by atoms with E-state index in [9.17, 15) is 9.59 Å². The second kappa shape index (κ2) is 8.56. The number of fused-ring (bicyclic) bond motifs is 2. The molecule has 2 amide bonds. The minimum atomic E-state index is -0.351. The van der Waals surface area contributed by atoms with Crippen LogP contribution in [0.5, 0.6) is 0 Å². The van der Waals surface area contributed by atoms with Crippen LogP contribution in [0.15, 0.2) is 59.5 Å². The van der Waals surface area contributed by atoms with Crippen molar-refractivity contribution in [3.63, 3.8) is 0 Å². The van der Waals surface area contributed by atoms with E-state index >= 15 is 0 Å². The van der Waals surface area contributed by atoms with Gasteiger partial charge in [0.2, 0.25) is 5.91 Å². The van der Waals surface area contributed by atoms with Gasteiger partial charge in [-0.3, -0.25) is 14.7 Å². The summed E-state index contributed by atoms with van der Waals surface area (Å²) < 4.78 is 5.54. The average molecular weight is 435 g/mol. The first-order valence-electron chi connectivity index (χ1n) is 10.3. The predicted molar refractivity (Wildman–Crippen MR) is 121 cm³/mol. The summed E-state index contributed by atoms with van der Waals surface area (Å²) in [7, 11) is 0. The van der Waals surface area contributed by atoms with Crippen molar-refractivity contribution in [2.45, 2.75) is 24.0 Å². The lowest BCUT2D eigenvalue weighted by atomic mass is 10.2. The molecule has 2 aliphatic heterocycles. The summed E-state index contributed by atoms with van der Waals surface area (Å²) in [5.74, 6) is 0.394. The number of anilines is 2. The Kier molecular flexibility index (Phi) is 5.48. The lowest BCUT2D eigenvalue weighted by Gasteiger charge is -2.20. The van der Waals surface area contributed by atoms with Crippen LogP contribution in [0.3, 0.4) is 0 Å². The lowest BCUT2D eigenvalue weighted by Crippen LogP contribution is -2.26. The number of hydrogen-bond donors (Lipinski definition) is 2. The van der Waals surface area contributed by atoms with Gasteiger partial charge >= 0.3 is 6.09 Å². The largest absolute Gasteiger partial charge is 0.444 e. The summed E-state index contributed by atoms with van der Waals surface area (Å²) in [6.45, 7) is 1.88. The minimum Gasteiger partial charge on any atom is -0.444 e. The number of carbonyl (C=O) groups excluding carboxylic acids is 2. The molecule has 3 aromatic rings. The van der Waals surface area contributed by atoms with Crippen LogP contribution >= 0.6 is 11.8 Å². The van der Waals surface area contributed by atoms with Gasteiger partial charge < -0.3 is 15.4 Å². The predicted octanol–water partition coefficient (Wildman–Crippen LogP) is 3.78. The van der Waals surface area contributed by atoms with Crippen LogP contribution in [0.2, 0.25) is 0 Å². The lowest BCUT2D eigenvalue weighted by molar-refractivity contribution is -0.113. The van der Waals surface area contributed by atoms with E-state index in [4.69, 9.17) is 4.74 Å². The molecule has 0 unspecified atom stereocenters. The third-order valence-corrected chi connectivity index (χ3v) is 6.46. The normalized spacial score (nSPS) is 18.1. The van der Waals surface area contributed by atoms with Gasteiger partial charge in [-0.05, 0) is 43.3 Å². The van der Waals surface area contributed by atoms with Gasteiger partial charge in [-0.2, -0.15) is 0 Å². The van der Waals surface area contributed by atoms with Crippen molar-refractivity contribution in [2.24, 2.45) is 0 Å². The summed E-state index contributed by atoms with van der Waals surface area (Å²) in [6, 6.07) is 17.8. The topological polar surface area (TPSA) is 83.6 Å². The Bertz CT molecular complexity index is 1150. The van der Waals surface area contributed by atoms with Gasteiger partial charge in [0.15, 0.2) is 0 Å². The average Bonchev–Trinajstić information content (AvgIpc) is 3.16. The molecule has 1 fully saturated rings. The number of thioether (sulfide) groups is 1. The third kappa shape index (κ3) is 4.35. The number of carbonyl (C=O) groups is 2.